The Bertz CT molecular complexity index is 755. The molecule has 20 heavy (non-hydrogen) atoms. The largest absolute Gasteiger partial charge is 0.318 e. The van der Waals surface area contributed by atoms with Gasteiger partial charge in [-0.15, -0.1) is 11.3 Å². The summed E-state index contributed by atoms with van der Waals surface area (Å²) in [5.74, 6) is 0. The van der Waals surface area contributed by atoms with Gasteiger partial charge in [-0.3, -0.25) is 4.99 Å². The first-order valence-corrected chi connectivity index (χ1v) is 8.63. The molecule has 0 spiro atoms. The van der Waals surface area contributed by atoms with Gasteiger partial charge in [-0.2, -0.15) is 0 Å². The zero-order chi connectivity index (χ0) is 13.7. The van der Waals surface area contributed by atoms with E-state index in [4.69, 9.17) is 0 Å². The van der Waals surface area contributed by atoms with Crippen LogP contribution in [-0.2, 0) is 0 Å². The molecule has 0 saturated carbocycles. The molecule has 0 unspecified atom stereocenters. The van der Waals surface area contributed by atoms with Crippen LogP contribution < -0.4 is 0 Å². The molecule has 2 nitrogen and oxygen atoms in total. The number of allylic oxidation sites excluding steroid dienone is 1. The predicted molar refractivity (Wildman–Crippen MR) is 90.4 cm³/mol. The smallest absolute Gasteiger partial charge is 0.168 e. The lowest BCUT2D eigenvalue weighted by Gasteiger charge is -2.18. The fraction of sp³-hybridized carbons (Fsp3) is 0.312. The molecule has 0 radical (unpaired) electrons. The van der Waals surface area contributed by atoms with Gasteiger partial charge in [0, 0.05) is 26.6 Å². The van der Waals surface area contributed by atoms with E-state index in [0.717, 1.165) is 19.5 Å². The lowest BCUT2D eigenvalue weighted by Crippen LogP contribution is -2.20. The molecule has 0 N–H and O–H groups in total. The van der Waals surface area contributed by atoms with Crippen molar-refractivity contribution >= 4 is 44.0 Å². The van der Waals surface area contributed by atoms with E-state index in [1.165, 1.54) is 36.3 Å². The molecule has 0 atom stereocenters. The van der Waals surface area contributed by atoms with Crippen molar-refractivity contribution in [1.29, 1.82) is 0 Å². The van der Waals surface area contributed by atoms with Crippen LogP contribution in [0.5, 0.6) is 0 Å². The molecule has 0 bridgehead atoms. The molecule has 0 amide bonds. The van der Waals surface area contributed by atoms with Gasteiger partial charge in [0.25, 0.3) is 0 Å². The Kier molecular flexibility index (Phi) is 2.89. The Morgan fingerprint density at radius 2 is 2.25 bits per heavy atom. The van der Waals surface area contributed by atoms with Crippen molar-refractivity contribution < 1.29 is 0 Å². The van der Waals surface area contributed by atoms with E-state index < -0.39 is 0 Å². The fourth-order valence-electron chi connectivity index (χ4n) is 2.94. The molecule has 102 valence electrons. The monoisotopic (exact) mass is 300 g/mol. The highest BCUT2D eigenvalue weighted by atomic mass is 32.2. The topological polar surface area (TPSA) is 15.6 Å². The normalized spacial score (nSPS) is 18.1. The van der Waals surface area contributed by atoms with Crippen LogP contribution in [0.3, 0.4) is 0 Å². The van der Waals surface area contributed by atoms with Gasteiger partial charge >= 0.3 is 0 Å². The third kappa shape index (κ3) is 1.75. The van der Waals surface area contributed by atoms with Crippen molar-refractivity contribution in [2.75, 3.05) is 13.1 Å². The van der Waals surface area contributed by atoms with Crippen molar-refractivity contribution in [2.24, 2.45) is 4.99 Å². The summed E-state index contributed by atoms with van der Waals surface area (Å²) in [6, 6.07) is 8.96. The van der Waals surface area contributed by atoms with Crippen LogP contribution in [0.2, 0.25) is 0 Å². The number of nitrogens with zero attached hydrogens (tertiary/aromatic N) is 2. The van der Waals surface area contributed by atoms with Crippen molar-refractivity contribution in [1.82, 2.24) is 4.90 Å². The number of rotatable bonds is 2. The van der Waals surface area contributed by atoms with Crippen molar-refractivity contribution in [3.05, 3.63) is 39.6 Å². The minimum Gasteiger partial charge on any atom is -0.318 e. The quantitative estimate of drug-likeness (QED) is 0.798. The van der Waals surface area contributed by atoms with Gasteiger partial charge < -0.3 is 4.90 Å². The number of benzene rings is 1. The lowest BCUT2D eigenvalue weighted by atomic mass is 10.1. The summed E-state index contributed by atoms with van der Waals surface area (Å²) in [5, 5.41) is 2.56. The minimum atomic E-state index is 0.933. The summed E-state index contributed by atoms with van der Waals surface area (Å²) < 4.78 is 1.42. The van der Waals surface area contributed by atoms with E-state index >= 15 is 0 Å². The Morgan fingerprint density at radius 1 is 1.35 bits per heavy atom. The summed E-state index contributed by atoms with van der Waals surface area (Å²) in [4.78, 5) is 9.88. The number of hydrogen-bond acceptors (Lipinski definition) is 4. The highest BCUT2D eigenvalue weighted by Gasteiger charge is 2.32. The fourth-order valence-corrected chi connectivity index (χ4v) is 5.10. The van der Waals surface area contributed by atoms with E-state index in [-0.39, 0.29) is 0 Å². The zero-order valence-electron chi connectivity index (χ0n) is 11.6. The van der Waals surface area contributed by atoms with E-state index in [0.29, 0.717) is 0 Å². The molecule has 3 heterocycles. The maximum absolute atomic E-state index is 4.62. The highest BCUT2D eigenvalue weighted by Crippen LogP contribution is 2.45. The summed E-state index contributed by atoms with van der Waals surface area (Å²) in [6.07, 6.45) is 1.08. The average molecular weight is 300 g/mol. The third-order valence-electron chi connectivity index (χ3n) is 3.79. The minimum absolute atomic E-state index is 0.933. The number of amidine groups is 1. The van der Waals surface area contributed by atoms with Crippen LogP contribution >= 0.6 is 23.1 Å². The molecule has 1 aromatic carbocycles. The van der Waals surface area contributed by atoms with Crippen molar-refractivity contribution in [3.63, 3.8) is 0 Å². The maximum atomic E-state index is 4.62. The molecule has 2 aliphatic rings. The van der Waals surface area contributed by atoms with Crippen molar-refractivity contribution in [2.45, 2.75) is 20.3 Å². The Labute approximate surface area is 127 Å². The molecule has 4 heteroatoms. The molecule has 0 fully saturated rings. The number of thioether (sulfide) groups is 1. The second-order valence-corrected chi connectivity index (χ2v) is 7.44. The first kappa shape index (κ1) is 12.5. The van der Waals surface area contributed by atoms with Crippen LogP contribution in [0.15, 0.2) is 34.2 Å². The van der Waals surface area contributed by atoms with Crippen molar-refractivity contribution in [3.8, 4) is 0 Å². The second kappa shape index (κ2) is 4.64. The standard InChI is InChI=1S/C16H16N2S2/c1-3-13-14(18-8-7-17-16(18)20-13)12-6-4-5-11-9-10(2)19-15(11)12/h4-6,9H,3,7-8H2,1-2H3. The zero-order valence-corrected chi connectivity index (χ0v) is 13.3. The van der Waals surface area contributed by atoms with Gasteiger partial charge in [0.2, 0.25) is 0 Å². The summed E-state index contributed by atoms with van der Waals surface area (Å²) in [6.45, 7) is 6.39. The van der Waals surface area contributed by atoms with Gasteiger partial charge in [0.05, 0.1) is 12.2 Å². The SMILES string of the molecule is CCC1=C(c2cccc3cc(C)sc23)N2CCN=C2S1. The highest BCUT2D eigenvalue weighted by molar-refractivity contribution is 8.17. The predicted octanol–water partition coefficient (Wildman–Crippen LogP) is 4.71. The molecule has 0 saturated heterocycles. The van der Waals surface area contributed by atoms with E-state index in [9.17, 15) is 0 Å². The Morgan fingerprint density at radius 3 is 3.10 bits per heavy atom. The molecule has 1 aromatic heterocycles. The van der Waals surface area contributed by atoms with Gasteiger partial charge in [-0.1, -0.05) is 36.9 Å². The third-order valence-corrected chi connectivity index (χ3v) is 6.15. The van der Waals surface area contributed by atoms with Crippen LogP contribution in [-0.4, -0.2) is 23.2 Å². The molecule has 2 aromatic rings. The number of thiophene rings is 1. The van der Waals surface area contributed by atoms with E-state index in [1.54, 1.807) is 0 Å². The number of fused-ring (bicyclic) bond motifs is 2. The average Bonchev–Trinajstić information content (AvgIpc) is 3.09. The first-order chi connectivity index (χ1) is 9.78. The molecule has 0 aliphatic carbocycles. The van der Waals surface area contributed by atoms with E-state index in [2.05, 4.69) is 48.0 Å². The number of hydrogen-bond donors (Lipinski definition) is 0. The maximum Gasteiger partial charge on any atom is 0.168 e. The van der Waals surface area contributed by atoms with Crippen LogP contribution in [0.25, 0.3) is 15.8 Å². The van der Waals surface area contributed by atoms with Gasteiger partial charge in [-0.05, 0) is 24.8 Å². The van der Waals surface area contributed by atoms with Gasteiger partial charge in [0.1, 0.15) is 0 Å². The Balaban J connectivity index is 1.95. The molecule has 2 aliphatic heterocycles. The first-order valence-electron chi connectivity index (χ1n) is 7.00. The lowest BCUT2D eigenvalue weighted by molar-refractivity contribution is 0.647. The summed E-state index contributed by atoms with van der Waals surface area (Å²) in [7, 11) is 0. The molecular weight excluding hydrogens is 284 g/mol. The van der Waals surface area contributed by atoms with Gasteiger partial charge in [-0.25, -0.2) is 0 Å². The Hall–Kier alpha value is -1.26. The van der Waals surface area contributed by atoms with E-state index in [1.807, 2.05) is 23.1 Å². The molecule has 4 rings (SSSR count). The van der Waals surface area contributed by atoms with Crippen LogP contribution in [0, 0.1) is 6.92 Å². The summed E-state index contributed by atoms with van der Waals surface area (Å²) >= 11 is 3.76. The number of aryl methyl sites for hydroxylation is 1. The van der Waals surface area contributed by atoms with Crippen LogP contribution in [0.4, 0.5) is 0 Å². The van der Waals surface area contributed by atoms with Crippen LogP contribution in [0.1, 0.15) is 23.8 Å². The number of aliphatic imine (C=N–C) groups is 1. The van der Waals surface area contributed by atoms with Gasteiger partial charge in [0.15, 0.2) is 5.17 Å². The molecular formula is C16H16N2S2. The second-order valence-electron chi connectivity index (χ2n) is 5.12. The summed E-state index contributed by atoms with van der Waals surface area (Å²) in [5.41, 5.74) is 2.79.